The van der Waals surface area contributed by atoms with Crippen molar-refractivity contribution in [2.24, 2.45) is 29.1 Å². The van der Waals surface area contributed by atoms with E-state index in [-0.39, 0.29) is 11.8 Å². The quantitative estimate of drug-likeness (QED) is 0.365. The summed E-state index contributed by atoms with van der Waals surface area (Å²) in [5.41, 5.74) is 5.63. The SMILES string of the molecule is CC(C1CCC=CC1=O)C(C)C1CCc2ccc(C(=O)C3CCC4(CCC(c5ccccc5)CC4)C3)cc21. The number of benzene rings is 2. The molecular weight excluding hydrogens is 464 g/mol. The Morgan fingerprint density at radius 3 is 2.37 bits per heavy atom. The monoisotopic (exact) mass is 508 g/mol. The van der Waals surface area contributed by atoms with E-state index in [9.17, 15) is 9.59 Å². The third-order valence-corrected chi connectivity index (χ3v) is 11.3. The predicted molar refractivity (Wildman–Crippen MR) is 154 cm³/mol. The maximum Gasteiger partial charge on any atom is 0.165 e. The van der Waals surface area contributed by atoms with Gasteiger partial charge in [-0.25, -0.2) is 0 Å². The maximum atomic E-state index is 13.8. The summed E-state index contributed by atoms with van der Waals surface area (Å²) in [5, 5.41) is 0. The van der Waals surface area contributed by atoms with Crippen LogP contribution in [-0.2, 0) is 11.2 Å². The molecule has 0 bridgehead atoms. The number of hydrogen-bond acceptors (Lipinski definition) is 2. The second-order valence-electron chi connectivity index (χ2n) is 13.3. The second kappa shape index (κ2) is 10.6. The number of carbonyl (C=O) groups excluding carboxylic acids is 2. The fourth-order valence-electron chi connectivity index (χ4n) is 8.74. The number of rotatable bonds is 6. The topological polar surface area (TPSA) is 34.1 Å². The van der Waals surface area contributed by atoms with Crippen molar-refractivity contribution >= 4 is 11.6 Å². The fraction of sp³-hybridized carbons (Fsp3) is 0.556. The van der Waals surface area contributed by atoms with Gasteiger partial charge in [-0.15, -0.1) is 0 Å². The van der Waals surface area contributed by atoms with Crippen LogP contribution in [0.25, 0.3) is 0 Å². The molecule has 2 fully saturated rings. The van der Waals surface area contributed by atoms with E-state index in [4.69, 9.17) is 0 Å². The van der Waals surface area contributed by atoms with Crippen LogP contribution in [0.1, 0.15) is 117 Å². The van der Waals surface area contributed by atoms with Gasteiger partial charge in [0.15, 0.2) is 11.6 Å². The molecule has 2 aromatic rings. The normalized spacial score (nSPS) is 32.3. The Bertz CT molecular complexity index is 1200. The Labute approximate surface area is 229 Å². The lowest BCUT2D eigenvalue weighted by Gasteiger charge is -2.37. The minimum Gasteiger partial charge on any atom is -0.295 e. The van der Waals surface area contributed by atoms with Crippen LogP contribution in [0.5, 0.6) is 0 Å². The average Bonchev–Trinajstić information content (AvgIpc) is 3.57. The third kappa shape index (κ3) is 4.85. The Morgan fingerprint density at radius 1 is 0.868 bits per heavy atom. The Balaban J connectivity index is 1.12. The van der Waals surface area contributed by atoms with E-state index in [2.05, 4.69) is 62.4 Å². The van der Waals surface area contributed by atoms with Crippen LogP contribution in [0.3, 0.4) is 0 Å². The van der Waals surface area contributed by atoms with Crippen LogP contribution >= 0.6 is 0 Å². The Kier molecular flexibility index (Phi) is 7.18. The fourth-order valence-corrected chi connectivity index (χ4v) is 8.74. The number of ketones is 2. The third-order valence-electron chi connectivity index (χ3n) is 11.3. The van der Waals surface area contributed by atoms with E-state index in [0.717, 1.165) is 44.1 Å². The molecule has 38 heavy (non-hydrogen) atoms. The number of fused-ring (bicyclic) bond motifs is 1. The van der Waals surface area contributed by atoms with E-state index < -0.39 is 0 Å². The van der Waals surface area contributed by atoms with Crippen molar-refractivity contribution < 1.29 is 9.59 Å². The molecular formula is C36H44O2. The minimum atomic E-state index is 0.149. The van der Waals surface area contributed by atoms with Gasteiger partial charge in [0.05, 0.1) is 0 Å². The maximum absolute atomic E-state index is 13.8. The van der Waals surface area contributed by atoms with Crippen LogP contribution in [0.15, 0.2) is 60.7 Å². The molecule has 0 amide bonds. The van der Waals surface area contributed by atoms with Crippen molar-refractivity contribution in [1.82, 2.24) is 0 Å². The summed E-state index contributed by atoms with van der Waals surface area (Å²) in [5.74, 6) is 2.98. The summed E-state index contributed by atoms with van der Waals surface area (Å²) in [4.78, 5) is 26.4. The molecule has 2 aromatic carbocycles. The Hall–Kier alpha value is -2.48. The lowest BCUT2D eigenvalue weighted by Crippen LogP contribution is -2.29. The molecule has 0 radical (unpaired) electrons. The van der Waals surface area contributed by atoms with Gasteiger partial charge in [0, 0.05) is 17.4 Å². The van der Waals surface area contributed by atoms with Gasteiger partial charge < -0.3 is 0 Å². The summed E-state index contributed by atoms with van der Waals surface area (Å²) < 4.78 is 0. The highest BCUT2D eigenvalue weighted by Crippen LogP contribution is 2.54. The summed E-state index contributed by atoms with van der Waals surface area (Å²) >= 11 is 0. The van der Waals surface area contributed by atoms with E-state index in [1.165, 1.54) is 48.8 Å². The first-order chi connectivity index (χ1) is 18.4. The summed E-state index contributed by atoms with van der Waals surface area (Å²) in [6.45, 7) is 4.63. The summed E-state index contributed by atoms with van der Waals surface area (Å²) in [6.07, 6.45) is 16.5. The highest BCUT2D eigenvalue weighted by Gasteiger charge is 2.44. The van der Waals surface area contributed by atoms with Crippen molar-refractivity contribution in [1.29, 1.82) is 0 Å². The number of aryl methyl sites for hydroxylation is 1. The first-order valence-corrected chi connectivity index (χ1v) is 15.4. The van der Waals surface area contributed by atoms with Crippen molar-refractivity contribution in [3.05, 3.63) is 82.9 Å². The molecule has 2 nitrogen and oxygen atoms in total. The molecule has 0 aromatic heterocycles. The molecule has 4 aliphatic rings. The molecule has 0 N–H and O–H groups in total. The van der Waals surface area contributed by atoms with Gasteiger partial charge in [-0.2, -0.15) is 0 Å². The zero-order valence-corrected chi connectivity index (χ0v) is 23.3. The van der Waals surface area contributed by atoms with E-state index >= 15 is 0 Å². The van der Waals surface area contributed by atoms with E-state index in [1.54, 1.807) is 6.08 Å². The van der Waals surface area contributed by atoms with Gasteiger partial charge >= 0.3 is 0 Å². The van der Waals surface area contributed by atoms with Gasteiger partial charge in [-0.3, -0.25) is 9.59 Å². The molecule has 0 heterocycles. The molecule has 5 atom stereocenters. The van der Waals surface area contributed by atoms with Gasteiger partial charge in [0.2, 0.25) is 0 Å². The molecule has 4 aliphatic carbocycles. The van der Waals surface area contributed by atoms with Gasteiger partial charge in [-0.05, 0) is 129 Å². The van der Waals surface area contributed by atoms with Crippen molar-refractivity contribution in [2.45, 2.75) is 96.3 Å². The first-order valence-electron chi connectivity index (χ1n) is 15.4. The van der Waals surface area contributed by atoms with Crippen LogP contribution in [-0.4, -0.2) is 11.6 Å². The van der Waals surface area contributed by atoms with Gasteiger partial charge in [-0.1, -0.05) is 62.4 Å². The lowest BCUT2D eigenvalue weighted by molar-refractivity contribution is -0.121. The number of hydrogen-bond donors (Lipinski definition) is 0. The summed E-state index contributed by atoms with van der Waals surface area (Å²) in [6, 6.07) is 17.6. The predicted octanol–water partition coefficient (Wildman–Crippen LogP) is 8.85. The largest absolute Gasteiger partial charge is 0.295 e. The van der Waals surface area contributed by atoms with E-state index in [0.29, 0.717) is 40.7 Å². The van der Waals surface area contributed by atoms with Crippen LogP contribution in [0.4, 0.5) is 0 Å². The van der Waals surface area contributed by atoms with Crippen LogP contribution in [0.2, 0.25) is 0 Å². The zero-order chi connectivity index (χ0) is 26.3. The first kappa shape index (κ1) is 25.8. The van der Waals surface area contributed by atoms with Gasteiger partial charge in [0.1, 0.15) is 0 Å². The minimum absolute atomic E-state index is 0.149. The molecule has 6 rings (SSSR count). The lowest BCUT2D eigenvalue weighted by atomic mass is 9.67. The van der Waals surface area contributed by atoms with Crippen LogP contribution < -0.4 is 0 Å². The number of allylic oxidation sites excluding steroid dienone is 2. The second-order valence-corrected chi connectivity index (χ2v) is 13.3. The molecule has 200 valence electrons. The highest BCUT2D eigenvalue weighted by molar-refractivity contribution is 5.98. The Morgan fingerprint density at radius 2 is 1.61 bits per heavy atom. The van der Waals surface area contributed by atoms with Crippen molar-refractivity contribution in [3.8, 4) is 0 Å². The highest BCUT2D eigenvalue weighted by atomic mass is 16.1. The van der Waals surface area contributed by atoms with Crippen molar-refractivity contribution in [2.75, 3.05) is 0 Å². The smallest absolute Gasteiger partial charge is 0.165 e. The molecule has 2 heteroatoms. The standard InChI is InChI=1S/C36H44O2/c1-24(25(2)32-10-6-7-11-34(32)37)31-15-14-28-12-13-29(22-33(28)31)35(38)30-18-21-36(23-30)19-16-27(17-20-36)26-8-4-3-5-9-26/h3-5,7-9,11-13,22,24-25,27,30-32H,6,10,14-21,23H2,1-2H3. The molecule has 2 saturated carbocycles. The average molecular weight is 509 g/mol. The summed E-state index contributed by atoms with van der Waals surface area (Å²) in [7, 11) is 0. The molecule has 0 aliphatic heterocycles. The zero-order valence-electron chi connectivity index (χ0n) is 23.3. The number of carbonyl (C=O) groups is 2. The van der Waals surface area contributed by atoms with Crippen LogP contribution in [0, 0.1) is 29.1 Å². The molecule has 1 spiro atoms. The molecule has 5 unspecified atom stereocenters. The molecule has 0 saturated heterocycles. The number of Topliss-reactive ketones (excluding diaryl/α,β-unsaturated/α-hetero) is 1. The van der Waals surface area contributed by atoms with E-state index in [1.807, 2.05) is 6.08 Å². The van der Waals surface area contributed by atoms with Crippen molar-refractivity contribution in [3.63, 3.8) is 0 Å². The van der Waals surface area contributed by atoms with Gasteiger partial charge in [0.25, 0.3) is 0 Å².